The molecule has 0 N–H and O–H groups in total. The molecule has 3 heterocycles. The molecule has 0 aromatic carbocycles. The van der Waals surface area contributed by atoms with Crippen molar-refractivity contribution in [1.29, 1.82) is 0 Å². The lowest BCUT2D eigenvalue weighted by atomic mass is 9.78. The highest BCUT2D eigenvalue weighted by atomic mass is 32.1. The lowest BCUT2D eigenvalue weighted by Gasteiger charge is -2.42. The number of aryl methyl sites for hydroxylation is 1. The number of likely N-dealkylation sites (tertiary alicyclic amines) is 1. The summed E-state index contributed by atoms with van der Waals surface area (Å²) in [5.41, 5.74) is 0.153. The van der Waals surface area contributed by atoms with Crippen LogP contribution in [0, 0.1) is 12.8 Å². The number of hydrogen-bond acceptors (Lipinski definition) is 4. The van der Waals surface area contributed by atoms with Crippen LogP contribution in [0.1, 0.15) is 35.4 Å². The van der Waals surface area contributed by atoms with Crippen LogP contribution < -0.4 is 0 Å². The number of rotatable bonds is 5. The van der Waals surface area contributed by atoms with Crippen molar-refractivity contribution in [3.63, 3.8) is 0 Å². The van der Waals surface area contributed by atoms with Crippen LogP contribution in [0.25, 0.3) is 0 Å². The number of methoxy groups -OCH3 is 1. The average Bonchev–Trinajstić information content (AvgIpc) is 3.06. The largest absolute Gasteiger partial charge is 0.385 e. The van der Waals surface area contributed by atoms with E-state index >= 15 is 0 Å². The van der Waals surface area contributed by atoms with E-state index in [1.807, 2.05) is 11.3 Å². The van der Waals surface area contributed by atoms with Crippen molar-refractivity contribution in [2.75, 3.05) is 33.4 Å². The van der Waals surface area contributed by atoms with Crippen molar-refractivity contribution >= 4 is 11.3 Å². The molecule has 0 aliphatic carbocycles. The molecule has 21 heavy (non-hydrogen) atoms. The second-order valence-corrected chi connectivity index (χ2v) is 7.84. The Bertz CT molecular complexity index is 451. The Morgan fingerprint density at radius 2 is 2.19 bits per heavy atom. The molecule has 2 fully saturated rings. The average molecular weight is 309 g/mol. The maximum atomic E-state index is 6.21. The first-order valence-electron chi connectivity index (χ1n) is 8.12. The highest BCUT2D eigenvalue weighted by molar-refractivity contribution is 7.11. The number of thiophene rings is 1. The van der Waals surface area contributed by atoms with E-state index in [0.29, 0.717) is 5.92 Å². The first-order chi connectivity index (χ1) is 10.2. The van der Waals surface area contributed by atoms with Crippen LogP contribution in [0.3, 0.4) is 0 Å². The SMILES string of the molecule is COCCC1CCOC12CCN(Cc1ccc(C)s1)CC2. The van der Waals surface area contributed by atoms with Gasteiger partial charge in [0.2, 0.25) is 0 Å². The summed E-state index contributed by atoms with van der Waals surface area (Å²) in [5.74, 6) is 0.698. The second-order valence-electron chi connectivity index (χ2n) is 6.47. The van der Waals surface area contributed by atoms with Crippen LogP contribution in [0.5, 0.6) is 0 Å². The second kappa shape index (κ2) is 6.78. The summed E-state index contributed by atoms with van der Waals surface area (Å²) < 4.78 is 11.5. The standard InChI is InChI=1S/C17H27NO2S/c1-14-3-4-16(21-14)13-18-9-7-17(8-10-18)15(5-11-19-2)6-12-20-17/h3-4,15H,5-13H2,1-2H3. The first kappa shape index (κ1) is 15.5. The molecule has 0 saturated carbocycles. The van der Waals surface area contributed by atoms with E-state index in [9.17, 15) is 0 Å². The summed E-state index contributed by atoms with van der Waals surface area (Å²) in [7, 11) is 1.80. The lowest BCUT2D eigenvalue weighted by molar-refractivity contribution is -0.0719. The van der Waals surface area contributed by atoms with Crippen molar-refractivity contribution in [1.82, 2.24) is 4.90 Å². The maximum absolute atomic E-state index is 6.21. The van der Waals surface area contributed by atoms with E-state index in [2.05, 4.69) is 24.0 Å². The fraction of sp³-hybridized carbons (Fsp3) is 0.765. The van der Waals surface area contributed by atoms with Gasteiger partial charge in [0.05, 0.1) is 5.60 Å². The molecule has 1 aromatic rings. The zero-order valence-electron chi connectivity index (χ0n) is 13.3. The number of ether oxygens (including phenoxy) is 2. The van der Waals surface area contributed by atoms with Gasteiger partial charge < -0.3 is 9.47 Å². The van der Waals surface area contributed by atoms with E-state index in [1.165, 1.54) is 42.1 Å². The third kappa shape index (κ3) is 3.50. The van der Waals surface area contributed by atoms with Gasteiger partial charge in [-0.3, -0.25) is 4.90 Å². The molecule has 3 nitrogen and oxygen atoms in total. The van der Waals surface area contributed by atoms with Gasteiger partial charge in [-0.25, -0.2) is 0 Å². The van der Waals surface area contributed by atoms with E-state index in [4.69, 9.17) is 9.47 Å². The normalized spacial score (nSPS) is 25.7. The summed E-state index contributed by atoms with van der Waals surface area (Å²) >= 11 is 1.93. The monoisotopic (exact) mass is 309 g/mol. The fourth-order valence-corrected chi connectivity index (χ4v) is 4.82. The van der Waals surface area contributed by atoms with Crippen LogP contribution in [0.2, 0.25) is 0 Å². The summed E-state index contributed by atoms with van der Waals surface area (Å²) in [6.45, 7) is 7.44. The molecule has 1 unspecified atom stereocenters. The molecule has 2 aliphatic rings. The molecule has 2 saturated heterocycles. The van der Waals surface area contributed by atoms with E-state index in [-0.39, 0.29) is 5.60 Å². The zero-order valence-corrected chi connectivity index (χ0v) is 14.1. The molecular formula is C17H27NO2S. The molecule has 0 radical (unpaired) electrons. The Balaban J connectivity index is 1.54. The van der Waals surface area contributed by atoms with Crippen molar-refractivity contribution in [3.8, 4) is 0 Å². The highest BCUT2D eigenvalue weighted by Gasteiger charge is 2.45. The van der Waals surface area contributed by atoms with Gasteiger partial charge >= 0.3 is 0 Å². The van der Waals surface area contributed by atoms with E-state index < -0.39 is 0 Å². The molecule has 4 heteroatoms. The van der Waals surface area contributed by atoms with Crippen molar-refractivity contribution in [2.24, 2.45) is 5.92 Å². The van der Waals surface area contributed by atoms with Gasteiger partial charge in [0.1, 0.15) is 0 Å². The third-order valence-corrected chi connectivity index (χ3v) is 6.13. The van der Waals surface area contributed by atoms with E-state index in [0.717, 1.165) is 26.2 Å². The molecule has 0 amide bonds. The first-order valence-corrected chi connectivity index (χ1v) is 8.94. The molecule has 1 aromatic heterocycles. The van der Waals surface area contributed by atoms with Gasteiger partial charge in [0, 0.05) is 49.7 Å². The molecule has 118 valence electrons. The minimum Gasteiger partial charge on any atom is -0.385 e. The van der Waals surface area contributed by atoms with Crippen LogP contribution in [0.4, 0.5) is 0 Å². The predicted octanol–water partition coefficient (Wildman–Crippen LogP) is 3.46. The molecule has 0 bridgehead atoms. The van der Waals surface area contributed by atoms with Gasteiger partial charge in [0.15, 0.2) is 0 Å². The summed E-state index contributed by atoms with van der Waals surface area (Å²) in [6.07, 6.45) is 4.74. The lowest BCUT2D eigenvalue weighted by Crippen LogP contribution is -2.47. The van der Waals surface area contributed by atoms with Crippen LogP contribution in [-0.4, -0.2) is 43.9 Å². The molecule has 2 aliphatic heterocycles. The predicted molar refractivity (Wildman–Crippen MR) is 86.9 cm³/mol. The highest BCUT2D eigenvalue weighted by Crippen LogP contribution is 2.42. The topological polar surface area (TPSA) is 21.7 Å². The van der Waals surface area contributed by atoms with Crippen LogP contribution in [0.15, 0.2) is 12.1 Å². The number of piperidine rings is 1. The van der Waals surface area contributed by atoms with E-state index in [1.54, 1.807) is 7.11 Å². The Morgan fingerprint density at radius 3 is 2.86 bits per heavy atom. The quantitative estimate of drug-likeness (QED) is 0.831. The third-order valence-electron chi connectivity index (χ3n) is 5.15. The summed E-state index contributed by atoms with van der Waals surface area (Å²) in [5, 5.41) is 0. The Kier molecular flexibility index (Phi) is 4.99. The zero-order chi connectivity index (χ0) is 14.7. The van der Waals surface area contributed by atoms with Gasteiger partial charge in [-0.2, -0.15) is 0 Å². The van der Waals surface area contributed by atoms with Gasteiger partial charge in [-0.15, -0.1) is 11.3 Å². The molecule has 3 rings (SSSR count). The van der Waals surface area contributed by atoms with Gasteiger partial charge in [0.25, 0.3) is 0 Å². The number of hydrogen-bond donors (Lipinski definition) is 0. The molecular weight excluding hydrogens is 282 g/mol. The Hall–Kier alpha value is -0.420. The van der Waals surface area contributed by atoms with Crippen molar-refractivity contribution in [2.45, 2.75) is 44.8 Å². The van der Waals surface area contributed by atoms with Crippen LogP contribution in [-0.2, 0) is 16.0 Å². The fourth-order valence-electron chi connectivity index (χ4n) is 3.89. The molecule has 1 spiro atoms. The van der Waals surface area contributed by atoms with Crippen molar-refractivity contribution < 1.29 is 9.47 Å². The minimum absolute atomic E-state index is 0.153. The molecule has 1 atom stereocenters. The van der Waals surface area contributed by atoms with Gasteiger partial charge in [-0.05, 0) is 50.7 Å². The summed E-state index contributed by atoms with van der Waals surface area (Å²) in [4.78, 5) is 5.50. The van der Waals surface area contributed by atoms with Crippen LogP contribution >= 0.6 is 11.3 Å². The Morgan fingerprint density at radius 1 is 1.38 bits per heavy atom. The van der Waals surface area contributed by atoms with Gasteiger partial charge in [-0.1, -0.05) is 0 Å². The minimum atomic E-state index is 0.153. The number of nitrogens with zero attached hydrogens (tertiary/aromatic N) is 1. The Labute approximate surface area is 132 Å². The maximum Gasteiger partial charge on any atom is 0.0736 e. The van der Waals surface area contributed by atoms with Crippen molar-refractivity contribution in [3.05, 3.63) is 21.9 Å². The smallest absolute Gasteiger partial charge is 0.0736 e. The summed E-state index contributed by atoms with van der Waals surface area (Å²) in [6, 6.07) is 4.50.